The maximum atomic E-state index is 11.6. The van der Waals surface area contributed by atoms with Crippen molar-refractivity contribution < 1.29 is 23.1 Å². The van der Waals surface area contributed by atoms with Gasteiger partial charge in [-0.25, -0.2) is 8.42 Å². The molecule has 1 rings (SSSR count). The fourth-order valence-corrected chi connectivity index (χ4v) is 3.44. The number of carbonyl (C=O) groups is 1. The number of amides is 1. The van der Waals surface area contributed by atoms with E-state index in [1.807, 2.05) is 0 Å². The Morgan fingerprint density at radius 2 is 2.18 bits per heavy atom. The van der Waals surface area contributed by atoms with Gasteiger partial charge in [0.05, 0.1) is 30.6 Å². The van der Waals surface area contributed by atoms with Crippen LogP contribution in [-0.2, 0) is 19.4 Å². The number of hydrogen-bond acceptors (Lipinski definition) is 5. The Labute approximate surface area is 101 Å². The summed E-state index contributed by atoms with van der Waals surface area (Å²) in [6, 6.07) is 0. The normalized spacial score (nSPS) is 22.5. The van der Waals surface area contributed by atoms with Gasteiger partial charge in [0.25, 0.3) is 0 Å². The molecule has 6 nitrogen and oxygen atoms in total. The summed E-state index contributed by atoms with van der Waals surface area (Å²) in [6.45, 7) is 1.24. The van der Waals surface area contributed by atoms with Crippen LogP contribution >= 0.6 is 0 Å². The molecule has 0 saturated carbocycles. The molecule has 1 heterocycles. The lowest BCUT2D eigenvalue weighted by atomic mass is 10.1. The summed E-state index contributed by atoms with van der Waals surface area (Å²) < 4.78 is 27.4. The van der Waals surface area contributed by atoms with Gasteiger partial charge >= 0.3 is 0 Å². The highest BCUT2D eigenvalue weighted by Gasteiger charge is 2.32. The van der Waals surface area contributed by atoms with Crippen LogP contribution in [0.15, 0.2) is 0 Å². The molecule has 1 unspecified atom stereocenters. The van der Waals surface area contributed by atoms with Crippen LogP contribution in [0.2, 0.25) is 0 Å². The van der Waals surface area contributed by atoms with Gasteiger partial charge in [-0.05, 0) is 12.8 Å². The molecular formula is C10H19NO5S. The molecule has 0 aromatic carbocycles. The maximum Gasteiger partial charge on any atom is 0.224 e. The Hall–Kier alpha value is -0.660. The molecule has 0 aromatic heterocycles. The second-order valence-electron chi connectivity index (χ2n) is 4.08. The average Bonchev–Trinajstić information content (AvgIpc) is 2.64. The van der Waals surface area contributed by atoms with Crippen LogP contribution in [0, 0.1) is 5.92 Å². The van der Waals surface area contributed by atoms with Crippen LogP contribution in [0.5, 0.6) is 0 Å². The van der Waals surface area contributed by atoms with E-state index in [0.29, 0.717) is 32.6 Å². The van der Waals surface area contributed by atoms with Crippen molar-refractivity contribution in [2.45, 2.75) is 12.8 Å². The summed E-state index contributed by atoms with van der Waals surface area (Å²) in [4.78, 5) is 11.6. The number of carbonyl (C=O) groups excluding carboxylic acids is 1. The fourth-order valence-electron chi connectivity index (χ4n) is 1.70. The quantitative estimate of drug-likeness (QED) is 0.572. The molecule has 0 radical (unpaired) electrons. The van der Waals surface area contributed by atoms with Crippen molar-refractivity contribution in [1.82, 2.24) is 5.32 Å². The van der Waals surface area contributed by atoms with Gasteiger partial charge in [-0.15, -0.1) is 0 Å². The molecule has 1 aliphatic heterocycles. The Bertz CT molecular complexity index is 341. The first-order valence-corrected chi connectivity index (χ1v) is 7.54. The van der Waals surface area contributed by atoms with Crippen LogP contribution in [0.4, 0.5) is 0 Å². The summed E-state index contributed by atoms with van der Waals surface area (Å²) >= 11 is 0. The first-order chi connectivity index (χ1) is 8.05. The molecule has 1 fully saturated rings. The summed E-state index contributed by atoms with van der Waals surface area (Å²) in [5, 5.41) is 11.1. The van der Waals surface area contributed by atoms with Gasteiger partial charge in [0, 0.05) is 13.2 Å². The lowest BCUT2D eigenvalue weighted by molar-refractivity contribution is -0.124. The smallest absolute Gasteiger partial charge is 0.224 e. The van der Waals surface area contributed by atoms with E-state index in [1.165, 1.54) is 0 Å². The number of ether oxygens (including phenoxy) is 1. The van der Waals surface area contributed by atoms with Gasteiger partial charge in [0.1, 0.15) is 0 Å². The van der Waals surface area contributed by atoms with Gasteiger partial charge in [0.15, 0.2) is 9.84 Å². The second-order valence-corrected chi connectivity index (χ2v) is 6.31. The van der Waals surface area contributed by atoms with E-state index in [9.17, 15) is 13.2 Å². The molecule has 1 aliphatic rings. The number of rotatable bonds is 7. The number of aliphatic hydroxyl groups excluding tert-OH is 1. The molecule has 0 aromatic rings. The molecule has 1 atom stereocenters. The number of nitrogens with one attached hydrogen (secondary N) is 1. The molecular weight excluding hydrogens is 246 g/mol. The SMILES string of the molecule is O=C(NCCCOCCO)C1CCS(=O)(=O)C1. The Morgan fingerprint density at radius 3 is 2.76 bits per heavy atom. The standard InChI is InChI=1S/C10H19NO5S/c12-4-6-16-5-1-3-11-10(13)9-2-7-17(14,15)8-9/h9,12H,1-8H2,(H,11,13). The predicted octanol–water partition coefficient (Wildman–Crippen LogP) is -1.06. The van der Waals surface area contributed by atoms with E-state index in [1.54, 1.807) is 0 Å². The summed E-state index contributed by atoms with van der Waals surface area (Å²) in [5.74, 6) is -0.489. The molecule has 100 valence electrons. The van der Waals surface area contributed by atoms with Crippen LogP contribution < -0.4 is 5.32 Å². The van der Waals surface area contributed by atoms with Gasteiger partial charge in [-0.2, -0.15) is 0 Å². The van der Waals surface area contributed by atoms with E-state index in [-0.39, 0.29) is 24.0 Å². The minimum absolute atomic E-state index is 0.00765. The lowest BCUT2D eigenvalue weighted by Gasteiger charge is -2.09. The number of aliphatic hydroxyl groups is 1. The Balaban J connectivity index is 2.10. The van der Waals surface area contributed by atoms with Crippen molar-refractivity contribution in [3.63, 3.8) is 0 Å². The zero-order valence-electron chi connectivity index (χ0n) is 9.72. The Morgan fingerprint density at radius 1 is 1.41 bits per heavy atom. The minimum atomic E-state index is -3.00. The average molecular weight is 265 g/mol. The molecule has 17 heavy (non-hydrogen) atoms. The van der Waals surface area contributed by atoms with E-state index in [2.05, 4.69) is 5.32 Å². The van der Waals surface area contributed by atoms with Gasteiger partial charge in [-0.3, -0.25) is 4.79 Å². The van der Waals surface area contributed by atoms with Crippen molar-refractivity contribution in [2.24, 2.45) is 5.92 Å². The molecule has 1 amide bonds. The second kappa shape index (κ2) is 6.93. The third kappa shape index (κ3) is 5.47. The topological polar surface area (TPSA) is 92.7 Å². The van der Waals surface area contributed by atoms with E-state index >= 15 is 0 Å². The summed E-state index contributed by atoms with van der Waals surface area (Å²) in [6.07, 6.45) is 1.08. The zero-order chi connectivity index (χ0) is 12.7. The summed E-state index contributed by atoms with van der Waals surface area (Å²) in [7, 11) is -3.00. The van der Waals surface area contributed by atoms with Crippen LogP contribution in [0.25, 0.3) is 0 Å². The van der Waals surface area contributed by atoms with E-state index < -0.39 is 15.8 Å². The molecule has 7 heteroatoms. The molecule has 1 saturated heterocycles. The maximum absolute atomic E-state index is 11.6. The first kappa shape index (κ1) is 14.4. The highest BCUT2D eigenvalue weighted by Crippen LogP contribution is 2.18. The fraction of sp³-hybridized carbons (Fsp3) is 0.900. The van der Waals surface area contributed by atoms with Crippen molar-refractivity contribution in [3.05, 3.63) is 0 Å². The lowest BCUT2D eigenvalue weighted by Crippen LogP contribution is -2.32. The molecule has 0 spiro atoms. The van der Waals surface area contributed by atoms with Crippen molar-refractivity contribution >= 4 is 15.7 Å². The van der Waals surface area contributed by atoms with Crippen molar-refractivity contribution in [3.8, 4) is 0 Å². The summed E-state index contributed by atoms with van der Waals surface area (Å²) in [5.41, 5.74) is 0. The van der Waals surface area contributed by atoms with Crippen LogP contribution in [0.3, 0.4) is 0 Å². The number of sulfone groups is 1. The van der Waals surface area contributed by atoms with Crippen LogP contribution in [0.1, 0.15) is 12.8 Å². The molecule has 0 aliphatic carbocycles. The monoisotopic (exact) mass is 265 g/mol. The minimum Gasteiger partial charge on any atom is -0.394 e. The molecule has 2 N–H and O–H groups in total. The van der Waals surface area contributed by atoms with Crippen molar-refractivity contribution in [2.75, 3.05) is 37.9 Å². The third-order valence-corrected chi connectivity index (χ3v) is 4.37. The van der Waals surface area contributed by atoms with Gasteiger partial charge in [-0.1, -0.05) is 0 Å². The highest BCUT2D eigenvalue weighted by molar-refractivity contribution is 7.91. The first-order valence-electron chi connectivity index (χ1n) is 5.72. The Kier molecular flexibility index (Phi) is 5.87. The highest BCUT2D eigenvalue weighted by atomic mass is 32.2. The van der Waals surface area contributed by atoms with E-state index in [0.717, 1.165) is 0 Å². The van der Waals surface area contributed by atoms with Gasteiger partial charge < -0.3 is 15.2 Å². The number of hydrogen-bond donors (Lipinski definition) is 2. The molecule has 0 bridgehead atoms. The van der Waals surface area contributed by atoms with Gasteiger partial charge in [0.2, 0.25) is 5.91 Å². The van der Waals surface area contributed by atoms with E-state index in [4.69, 9.17) is 9.84 Å². The zero-order valence-corrected chi connectivity index (χ0v) is 10.5. The van der Waals surface area contributed by atoms with Crippen LogP contribution in [-0.4, -0.2) is 57.3 Å². The van der Waals surface area contributed by atoms with Crippen molar-refractivity contribution in [1.29, 1.82) is 0 Å². The largest absolute Gasteiger partial charge is 0.394 e. The third-order valence-electron chi connectivity index (χ3n) is 2.60. The predicted molar refractivity (Wildman–Crippen MR) is 62.3 cm³/mol.